The molecule has 0 aromatic carbocycles. The van der Waals surface area contributed by atoms with E-state index in [-0.39, 0.29) is 12.0 Å². The Morgan fingerprint density at radius 1 is 1.54 bits per heavy atom. The lowest BCUT2D eigenvalue weighted by Crippen LogP contribution is -2.50. The lowest BCUT2D eigenvalue weighted by Gasteiger charge is -2.32. The van der Waals surface area contributed by atoms with Crippen LogP contribution in [0.25, 0.3) is 0 Å². The molecule has 13 heavy (non-hydrogen) atoms. The van der Waals surface area contributed by atoms with Gasteiger partial charge in [-0.15, -0.1) is 0 Å². The molecule has 1 saturated carbocycles. The third-order valence-corrected chi connectivity index (χ3v) is 2.90. The lowest BCUT2D eigenvalue weighted by molar-refractivity contribution is -0.136. The maximum absolute atomic E-state index is 11.7. The second-order valence-electron chi connectivity index (χ2n) is 4.20. The molecule has 0 bridgehead atoms. The molecule has 1 aliphatic carbocycles. The van der Waals surface area contributed by atoms with Crippen LogP contribution >= 0.6 is 0 Å². The van der Waals surface area contributed by atoms with Gasteiger partial charge < -0.3 is 15.7 Å². The molecule has 1 amide bonds. The van der Waals surface area contributed by atoms with E-state index in [0.717, 1.165) is 32.2 Å². The number of likely N-dealkylation sites (tertiary alicyclic amines) is 1. The summed E-state index contributed by atoms with van der Waals surface area (Å²) >= 11 is 0. The summed E-state index contributed by atoms with van der Waals surface area (Å²) in [5.74, 6) is 0.0336. The number of β-amino-alcohol motifs (C(OH)–C–C–N with tert-alkyl or cyclic N) is 1. The lowest BCUT2D eigenvalue weighted by atomic mass is 10.1. The highest BCUT2D eigenvalue weighted by Gasteiger charge is 2.48. The van der Waals surface area contributed by atoms with Crippen LogP contribution < -0.4 is 5.73 Å². The third kappa shape index (κ3) is 1.69. The van der Waals surface area contributed by atoms with Crippen LogP contribution in [-0.4, -0.2) is 40.6 Å². The van der Waals surface area contributed by atoms with Crippen molar-refractivity contribution in [1.82, 2.24) is 4.90 Å². The molecular formula is C9H16N2O2. The highest BCUT2D eigenvalue weighted by Crippen LogP contribution is 2.34. The minimum atomic E-state index is -0.572. The Hall–Kier alpha value is -0.610. The fourth-order valence-corrected chi connectivity index (χ4v) is 1.80. The highest BCUT2D eigenvalue weighted by molar-refractivity contribution is 5.89. The van der Waals surface area contributed by atoms with Gasteiger partial charge in [0.1, 0.15) is 0 Å². The van der Waals surface area contributed by atoms with E-state index in [9.17, 15) is 9.90 Å². The standard InChI is InChI=1S/C9H16N2O2/c10-9(3-4-9)8(13)11-5-1-2-7(12)6-11/h7,12H,1-6,10H2. The predicted molar refractivity (Wildman–Crippen MR) is 48.0 cm³/mol. The summed E-state index contributed by atoms with van der Waals surface area (Å²) in [6.45, 7) is 1.23. The number of piperidine rings is 1. The van der Waals surface area contributed by atoms with Crippen molar-refractivity contribution in [3.05, 3.63) is 0 Å². The summed E-state index contributed by atoms with van der Waals surface area (Å²) in [6, 6.07) is 0. The summed E-state index contributed by atoms with van der Waals surface area (Å²) < 4.78 is 0. The minimum absolute atomic E-state index is 0.0336. The first-order valence-electron chi connectivity index (χ1n) is 4.88. The summed E-state index contributed by atoms with van der Waals surface area (Å²) in [5.41, 5.74) is 5.22. The Morgan fingerprint density at radius 3 is 2.77 bits per heavy atom. The van der Waals surface area contributed by atoms with E-state index >= 15 is 0 Å². The number of amides is 1. The number of hydrogen-bond acceptors (Lipinski definition) is 3. The molecule has 1 saturated heterocycles. The molecule has 2 aliphatic rings. The van der Waals surface area contributed by atoms with E-state index in [4.69, 9.17) is 5.73 Å². The van der Waals surface area contributed by atoms with Gasteiger partial charge in [-0.25, -0.2) is 0 Å². The quantitative estimate of drug-likeness (QED) is 0.575. The zero-order valence-electron chi connectivity index (χ0n) is 7.70. The zero-order chi connectivity index (χ0) is 9.47. The van der Waals surface area contributed by atoms with Crippen molar-refractivity contribution < 1.29 is 9.90 Å². The fraction of sp³-hybridized carbons (Fsp3) is 0.889. The van der Waals surface area contributed by atoms with Crippen molar-refractivity contribution in [2.24, 2.45) is 5.73 Å². The van der Waals surface area contributed by atoms with Gasteiger partial charge in [-0.3, -0.25) is 4.79 Å². The van der Waals surface area contributed by atoms with Crippen LogP contribution in [0.3, 0.4) is 0 Å². The summed E-state index contributed by atoms with van der Waals surface area (Å²) in [5, 5.41) is 9.38. The van der Waals surface area contributed by atoms with Crippen LogP contribution in [0.15, 0.2) is 0 Å². The van der Waals surface area contributed by atoms with Gasteiger partial charge in [0.15, 0.2) is 0 Å². The molecule has 0 radical (unpaired) electrons. The number of nitrogens with zero attached hydrogens (tertiary/aromatic N) is 1. The van der Waals surface area contributed by atoms with Crippen LogP contribution in [0.4, 0.5) is 0 Å². The Morgan fingerprint density at radius 2 is 2.23 bits per heavy atom. The predicted octanol–water partition coefficient (Wildman–Crippen LogP) is -0.539. The number of carbonyl (C=O) groups excluding carboxylic acids is 1. The van der Waals surface area contributed by atoms with E-state index in [1.54, 1.807) is 4.90 Å². The van der Waals surface area contributed by atoms with Crippen LogP contribution in [0.5, 0.6) is 0 Å². The second kappa shape index (κ2) is 2.96. The summed E-state index contributed by atoms with van der Waals surface area (Å²) in [4.78, 5) is 13.4. The number of hydrogen-bond donors (Lipinski definition) is 2. The Labute approximate surface area is 77.7 Å². The van der Waals surface area contributed by atoms with E-state index < -0.39 is 5.54 Å². The fourth-order valence-electron chi connectivity index (χ4n) is 1.80. The number of carbonyl (C=O) groups is 1. The molecule has 0 aromatic heterocycles. The van der Waals surface area contributed by atoms with Gasteiger partial charge in [-0.2, -0.15) is 0 Å². The molecule has 2 fully saturated rings. The normalized spacial score (nSPS) is 31.5. The van der Waals surface area contributed by atoms with E-state index in [1.165, 1.54) is 0 Å². The number of aliphatic hydroxyl groups excluding tert-OH is 1. The molecule has 1 atom stereocenters. The monoisotopic (exact) mass is 184 g/mol. The van der Waals surface area contributed by atoms with E-state index in [0.29, 0.717) is 6.54 Å². The van der Waals surface area contributed by atoms with Crippen molar-refractivity contribution >= 4 is 5.91 Å². The maximum Gasteiger partial charge on any atom is 0.242 e. The first-order valence-corrected chi connectivity index (χ1v) is 4.88. The van der Waals surface area contributed by atoms with E-state index in [2.05, 4.69) is 0 Å². The van der Waals surface area contributed by atoms with Crippen molar-refractivity contribution in [2.45, 2.75) is 37.3 Å². The Balaban J connectivity index is 1.96. The summed E-state index contributed by atoms with van der Waals surface area (Å²) in [7, 11) is 0. The molecule has 2 rings (SSSR count). The summed E-state index contributed by atoms with van der Waals surface area (Å²) in [6.07, 6.45) is 2.96. The minimum Gasteiger partial charge on any atom is -0.391 e. The SMILES string of the molecule is NC1(C(=O)N2CCCC(O)C2)CC1. The number of nitrogens with two attached hydrogens (primary N) is 1. The van der Waals surface area contributed by atoms with Gasteiger partial charge in [-0.05, 0) is 25.7 Å². The molecule has 4 nitrogen and oxygen atoms in total. The van der Waals surface area contributed by atoms with Crippen LogP contribution in [0, 0.1) is 0 Å². The first-order chi connectivity index (χ1) is 6.12. The van der Waals surface area contributed by atoms with Crippen LogP contribution in [0.1, 0.15) is 25.7 Å². The molecule has 1 unspecified atom stereocenters. The van der Waals surface area contributed by atoms with Gasteiger partial charge in [-0.1, -0.05) is 0 Å². The smallest absolute Gasteiger partial charge is 0.242 e. The van der Waals surface area contributed by atoms with Crippen molar-refractivity contribution in [3.63, 3.8) is 0 Å². The average molecular weight is 184 g/mol. The number of aliphatic hydroxyl groups is 1. The Bertz CT molecular complexity index is 226. The van der Waals surface area contributed by atoms with Crippen LogP contribution in [-0.2, 0) is 4.79 Å². The number of rotatable bonds is 1. The molecule has 1 aliphatic heterocycles. The molecule has 74 valence electrons. The Kier molecular flexibility index (Phi) is 2.04. The molecule has 0 aromatic rings. The van der Waals surface area contributed by atoms with Gasteiger partial charge in [0.2, 0.25) is 5.91 Å². The molecule has 4 heteroatoms. The van der Waals surface area contributed by atoms with Crippen LogP contribution in [0.2, 0.25) is 0 Å². The third-order valence-electron chi connectivity index (χ3n) is 2.90. The second-order valence-corrected chi connectivity index (χ2v) is 4.20. The van der Waals surface area contributed by atoms with Gasteiger partial charge in [0.25, 0.3) is 0 Å². The topological polar surface area (TPSA) is 66.6 Å². The molecule has 3 N–H and O–H groups in total. The average Bonchev–Trinajstić information content (AvgIpc) is 2.84. The zero-order valence-corrected chi connectivity index (χ0v) is 7.70. The van der Waals surface area contributed by atoms with Gasteiger partial charge in [0, 0.05) is 13.1 Å². The highest BCUT2D eigenvalue weighted by atomic mass is 16.3. The molecular weight excluding hydrogens is 168 g/mol. The van der Waals surface area contributed by atoms with E-state index in [1.807, 2.05) is 0 Å². The van der Waals surface area contributed by atoms with Gasteiger partial charge in [0.05, 0.1) is 11.6 Å². The van der Waals surface area contributed by atoms with Crippen molar-refractivity contribution in [2.75, 3.05) is 13.1 Å². The van der Waals surface area contributed by atoms with Gasteiger partial charge >= 0.3 is 0 Å². The maximum atomic E-state index is 11.7. The molecule has 0 spiro atoms. The first kappa shape index (κ1) is 8.97. The van der Waals surface area contributed by atoms with Crippen molar-refractivity contribution in [1.29, 1.82) is 0 Å². The van der Waals surface area contributed by atoms with Crippen molar-refractivity contribution in [3.8, 4) is 0 Å². The molecule has 1 heterocycles. The largest absolute Gasteiger partial charge is 0.391 e.